The molecule has 0 spiro atoms. The fraction of sp³-hybridized carbons (Fsp3) is 0.750. The van der Waals surface area contributed by atoms with Crippen molar-refractivity contribution in [3.63, 3.8) is 0 Å². The minimum atomic E-state index is -1.17. The van der Waals surface area contributed by atoms with Crippen molar-refractivity contribution >= 4 is 5.97 Å². The quantitative estimate of drug-likeness (QED) is 0.618. The van der Waals surface area contributed by atoms with Gasteiger partial charge in [-0.25, -0.2) is 4.79 Å². The van der Waals surface area contributed by atoms with Gasteiger partial charge >= 0.3 is 5.97 Å². The second-order valence-electron chi connectivity index (χ2n) is 8.91. The van der Waals surface area contributed by atoms with Crippen LogP contribution < -0.4 is 0 Å². The lowest BCUT2D eigenvalue weighted by molar-refractivity contribution is -0.170. The highest BCUT2D eigenvalue weighted by molar-refractivity contribution is 5.90. The molecule has 0 aromatic carbocycles. The van der Waals surface area contributed by atoms with E-state index in [1.165, 1.54) is 18.9 Å². The number of fused-ring (bicyclic) bond motifs is 3. The smallest absolute Gasteiger partial charge is 0.334 e. The van der Waals surface area contributed by atoms with Crippen molar-refractivity contribution in [2.75, 3.05) is 0 Å². The molecular formula is C20H30O3. The van der Waals surface area contributed by atoms with Crippen LogP contribution in [0.3, 0.4) is 0 Å². The molecule has 3 heteroatoms. The first kappa shape index (κ1) is 16.8. The zero-order chi connectivity index (χ0) is 17.0. The molecule has 1 saturated heterocycles. The summed E-state index contributed by atoms with van der Waals surface area (Å²) < 4.78 is 5.56. The molecule has 2 fully saturated rings. The molecule has 0 unspecified atom stereocenters. The first-order chi connectivity index (χ1) is 10.6. The van der Waals surface area contributed by atoms with Crippen molar-refractivity contribution in [3.05, 3.63) is 24.3 Å². The lowest BCUT2D eigenvalue weighted by Gasteiger charge is -2.58. The van der Waals surface area contributed by atoms with Gasteiger partial charge in [-0.15, -0.1) is 6.58 Å². The molecule has 1 heterocycles. The predicted molar refractivity (Wildman–Crippen MR) is 90.7 cm³/mol. The minimum Gasteiger partial charge on any atom is -0.456 e. The summed E-state index contributed by atoms with van der Waals surface area (Å²) in [5.74, 6) is 0.521. The summed E-state index contributed by atoms with van der Waals surface area (Å²) in [6.45, 7) is 12.5. The number of allylic oxidation sites excluding steroid dienone is 1. The second kappa shape index (κ2) is 5.20. The third-order valence-electron chi connectivity index (χ3n) is 7.02. The highest BCUT2D eigenvalue weighted by Crippen LogP contribution is 2.61. The highest BCUT2D eigenvalue weighted by atomic mass is 16.6. The predicted octanol–water partition coefficient (Wildman–Crippen LogP) is 4.02. The normalized spacial score (nSPS) is 41.7. The lowest BCUT2D eigenvalue weighted by Crippen LogP contribution is -2.55. The Hall–Kier alpha value is -1.09. The van der Waals surface area contributed by atoms with Crippen LogP contribution in [0, 0.1) is 22.7 Å². The first-order valence-corrected chi connectivity index (χ1v) is 8.89. The maximum atomic E-state index is 12.5. The van der Waals surface area contributed by atoms with E-state index in [1.807, 2.05) is 0 Å². The molecule has 1 N–H and O–H groups in total. The summed E-state index contributed by atoms with van der Waals surface area (Å²) in [5.41, 5.74) is 0.0833. The van der Waals surface area contributed by atoms with Crippen LogP contribution in [0.5, 0.6) is 0 Å². The topological polar surface area (TPSA) is 46.5 Å². The van der Waals surface area contributed by atoms with Crippen molar-refractivity contribution < 1.29 is 14.6 Å². The van der Waals surface area contributed by atoms with Crippen LogP contribution in [0.4, 0.5) is 0 Å². The number of rotatable bonds is 2. The molecule has 2 aliphatic carbocycles. The number of cyclic esters (lactones) is 1. The van der Waals surface area contributed by atoms with Gasteiger partial charge in [-0.3, -0.25) is 0 Å². The summed E-state index contributed by atoms with van der Waals surface area (Å²) in [5, 5.41) is 10.5. The minimum absolute atomic E-state index is 0.112. The van der Waals surface area contributed by atoms with E-state index in [1.54, 1.807) is 6.92 Å². The number of carbonyl (C=O) groups is 1. The van der Waals surface area contributed by atoms with Crippen molar-refractivity contribution in [3.8, 4) is 0 Å². The zero-order valence-electron chi connectivity index (χ0n) is 14.9. The number of carbonyl (C=O) groups excluding carboxylic acids is 1. The van der Waals surface area contributed by atoms with Crippen molar-refractivity contribution in [2.45, 2.75) is 71.5 Å². The molecule has 0 amide bonds. The maximum Gasteiger partial charge on any atom is 0.334 e. The lowest BCUT2D eigenvalue weighted by atomic mass is 9.47. The van der Waals surface area contributed by atoms with Gasteiger partial charge in [-0.1, -0.05) is 39.3 Å². The van der Waals surface area contributed by atoms with Crippen LogP contribution in [-0.4, -0.2) is 22.8 Å². The average Bonchev–Trinajstić information content (AvgIpc) is 2.46. The number of esters is 1. The molecule has 1 aliphatic heterocycles. The Kier molecular flexibility index (Phi) is 3.79. The number of hydrogen-bond donors (Lipinski definition) is 1. The number of aliphatic hydroxyl groups is 1. The molecule has 5 atom stereocenters. The number of hydrogen-bond acceptors (Lipinski definition) is 3. The van der Waals surface area contributed by atoms with E-state index >= 15 is 0 Å². The van der Waals surface area contributed by atoms with E-state index in [2.05, 4.69) is 33.4 Å². The fourth-order valence-corrected chi connectivity index (χ4v) is 5.48. The van der Waals surface area contributed by atoms with Gasteiger partial charge in [0, 0.05) is 11.5 Å². The average molecular weight is 318 g/mol. The molecule has 3 aliphatic rings. The summed E-state index contributed by atoms with van der Waals surface area (Å²) in [6.07, 6.45) is 8.38. The zero-order valence-corrected chi connectivity index (χ0v) is 14.9. The van der Waals surface area contributed by atoms with Gasteiger partial charge in [-0.05, 0) is 49.4 Å². The molecule has 0 aromatic heterocycles. The van der Waals surface area contributed by atoms with E-state index in [-0.39, 0.29) is 17.3 Å². The molecule has 1 saturated carbocycles. The van der Waals surface area contributed by atoms with Crippen molar-refractivity contribution in [1.82, 2.24) is 0 Å². The van der Waals surface area contributed by atoms with Gasteiger partial charge in [0.15, 0.2) is 0 Å². The van der Waals surface area contributed by atoms with E-state index in [0.29, 0.717) is 17.8 Å². The summed E-state index contributed by atoms with van der Waals surface area (Å²) >= 11 is 0. The van der Waals surface area contributed by atoms with Crippen LogP contribution in [0.25, 0.3) is 0 Å². The number of ether oxygens (including phenoxy) is 1. The van der Waals surface area contributed by atoms with Gasteiger partial charge in [-0.2, -0.15) is 0 Å². The van der Waals surface area contributed by atoms with Gasteiger partial charge < -0.3 is 9.84 Å². The van der Waals surface area contributed by atoms with E-state index < -0.39 is 11.7 Å². The highest BCUT2D eigenvalue weighted by Gasteiger charge is 2.56. The largest absolute Gasteiger partial charge is 0.456 e. The SMILES string of the molecule is C=C[C@](C)(O)[C@@H]1C[C@H]2C(=CC[C@@H]3C(C)(C)CCC[C@@]32C)C(=O)O1. The van der Waals surface area contributed by atoms with Crippen LogP contribution in [-0.2, 0) is 9.53 Å². The van der Waals surface area contributed by atoms with Crippen LogP contribution >= 0.6 is 0 Å². The van der Waals surface area contributed by atoms with Gasteiger partial charge in [0.2, 0.25) is 0 Å². The van der Waals surface area contributed by atoms with Gasteiger partial charge in [0.05, 0.1) is 0 Å². The fourth-order valence-electron chi connectivity index (χ4n) is 5.48. The Balaban J connectivity index is 1.99. The molecule has 3 rings (SSSR count). The summed E-state index contributed by atoms with van der Waals surface area (Å²) in [6, 6.07) is 0. The van der Waals surface area contributed by atoms with Crippen LogP contribution in [0.15, 0.2) is 24.3 Å². The monoisotopic (exact) mass is 318 g/mol. The van der Waals surface area contributed by atoms with E-state index in [9.17, 15) is 9.90 Å². The third-order valence-corrected chi connectivity index (χ3v) is 7.02. The summed E-state index contributed by atoms with van der Waals surface area (Å²) in [7, 11) is 0. The molecule has 0 bridgehead atoms. The Morgan fingerprint density at radius 3 is 2.74 bits per heavy atom. The van der Waals surface area contributed by atoms with Gasteiger partial charge in [0.1, 0.15) is 11.7 Å². The molecule has 3 nitrogen and oxygen atoms in total. The molecule has 128 valence electrons. The Morgan fingerprint density at radius 1 is 1.39 bits per heavy atom. The van der Waals surface area contributed by atoms with E-state index in [4.69, 9.17) is 4.74 Å². The molecule has 0 aromatic rings. The molecule has 0 radical (unpaired) electrons. The second-order valence-corrected chi connectivity index (χ2v) is 8.91. The van der Waals surface area contributed by atoms with Crippen LogP contribution in [0.2, 0.25) is 0 Å². The standard InChI is InChI=1S/C20H30O3/c1-6-20(5,22)16-12-14-13(17(21)23-16)8-9-15-18(2,3)10-7-11-19(14,15)4/h6,8,14-16,22H,1,7,9-12H2,2-5H3/t14-,15+,16-,19+,20-/m0/s1. The maximum absolute atomic E-state index is 12.5. The Labute approximate surface area is 139 Å². The molecular weight excluding hydrogens is 288 g/mol. The van der Waals surface area contributed by atoms with Crippen molar-refractivity contribution in [2.24, 2.45) is 22.7 Å². The Bertz CT molecular complexity index is 557. The third kappa shape index (κ3) is 2.48. The molecule has 23 heavy (non-hydrogen) atoms. The Morgan fingerprint density at radius 2 is 2.09 bits per heavy atom. The summed E-state index contributed by atoms with van der Waals surface area (Å²) in [4.78, 5) is 12.5. The van der Waals surface area contributed by atoms with Crippen LogP contribution in [0.1, 0.15) is 59.8 Å². The van der Waals surface area contributed by atoms with E-state index in [0.717, 1.165) is 18.4 Å². The van der Waals surface area contributed by atoms with Crippen molar-refractivity contribution in [1.29, 1.82) is 0 Å². The van der Waals surface area contributed by atoms with Gasteiger partial charge in [0.25, 0.3) is 0 Å². The first-order valence-electron chi connectivity index (χ1n) is 8.89.